The quantitative estimate of drug-likeness (QED) is 0.842. The fourth-order valence-corrected chi connectivity index (χ4v) is 2.26. The van der Waals surface area contributed by atoms with Crippen LogP contribution in [0.3, 0.4) is 0 Å². The Morgan fingerprint density at radius 2 is 2.18 bits per heavy atom. The lowest BCUT2D eigenvalue weighted by atomic mass is 10.2. The number of benzene rings is 1. The predicted molar refractivity (Wildman–Crippen MR) is 75.4 cm³/mol. The summed E-state index contributed by atoms with van der Waals surface area (Å²) < 4.78 is 0.971. The summed E-state index contributed by atoms with van der Waals surface area (Å²) >= 11 is 9.45. The van der Waals surface area contributed by atoms with Gasteiger partial charge in [-0.1, -0.05) is 33.6 Å². The molecule has 0 saturated heterocycles. The number of hydrogen-bond donors (Lipinski definition) is 2. The van der Waals surface area contributed by atoms with Gasteiger partial charge in [-0.2, -0.15) is 0 Å². The SMILES string of the molecule is CN(C)CC(O)CNCc1ccc(Br)cc1Cl. The Kier molecular flexibility index (Phi) is 6.44. The van der Waals surface area contributed by atoms with Crippen molar-refractivity contribution in [2.24, 2.45) is 0 Å². The number of hydrogen-bond acceptors (Lipinski definition) is 3. The Balaban J connectivity index is 2.35. The van der Waals surface area contributed by atoms with Crippen LogP contribution in [0.2, 0.25) is 5.02 Å². The standard InChI is InChI=1S/C12H18BrClN2O/c1-16(2)8-11(17)7-15-6-9-3-4-10(13)5-12(9)14/h3-5,11,15,17H,6-8H2,1-2H3. The number of aliphatic hydroxyl groups is 1. The topological polar surface area (TPSA) is 35.5 Å². The van der Waals surface area contributed by atoms with Crippen LogP contribution in [-0.2, 0) is 6.54 Å². The minimum atomic E-state index is -0.362. The lowest BCUT2D eigenvalue weighted by Crippen LogP contribution is -2.34. The van der Waals surface area contributed by atoms with Gasteiger partial charge in [0.1, 0.15) is 0 Å². The molecule has 3 nitrogen and oxygen atoms in total. The van der Waals surface area contributed by atoms with Crippen LogP contribution in [0.4, 0.5) is 0 Å². The van der Waals surface area contributed by atoms with E-state index in [-0.39, 0.29) is 6.10 Å². The second kappa shape index (κ2) is 7.34. The molecule has 0 fully saturated rings. The molecule has 1 atom stereocenters. The minimum Gasteiger partial charge on any atom is -0.390 e. The smallest absolute Gasteiger partial charge is 0.0791 e. The van der Waals surface area contributed by atoms with Crippen LogP contribution < -0.4 is 5.32 Å². The number of nitrogens with zero attached hydrogens (tertiary/aromatic N) is 1. The summed E-state index contributed by atoms with van der Waals surface area (Å²) in [5, 5.41) is 13.6. The Labute approximate surface area is 116 Å². The van der Waals surface area contributed by atoms with Crippen molar-refractivity contribution >= 4 is 27.5 Å². The van der Waals surface area contributed by atoms with E-state index < -0.39 is 0 Å². The van der Waals surface area contributed by atoms with Crippen LogP contribution in [0.15, 0.2) is 22.7 Å². The third kappa shape index (κ3) is 5.84. The van der Waals surface area contributed by atoms with E-state index in [1.165, 1.54) is 0 Å². The van der Waals surface area contributed by atoms with Crippen molar-refractivity contribution < 1.29 is 5.11 Å². The van der Waals surface area contributed by atoms with Crippen molar-refractivity contribution in [2.45, 2.75) is 12.6 Å². The van der Waals surface area contributed by atoms with Gasteiger partial charge in [-0.3, -0.25) is 0 Å². The van der Waals surface area contributed by atoms with E-state index in [4.69, 9.17) is 11.6 Å². The van der Waals surface area contributed by atoms with Gasteiger partial charge in [0.25, 0.3) is 0 Å². The summed E-state index contributed by atoms with van der Waals surface area (Å²) in [6.45, 7) is 1.88. The Morgan fingerprint density at radius 1 is 1.47 bits per heavy atom. The summed E-state index contributed by atoms with van der Waals surface area (Å²) in [7, 11) is 3.88. The van der Waals surface area contributed by atoms with Crippen molar-refractivity contribution in [3.63, 3.8) is 0 Å². The van der Waals surface area contributed by atoms with E-state index in [2.05, 4.69) is 21.2 Å². The van der Waals surface area contributed by atoms with Crippen molar-refractivity contribution in [3.8, 4) is 0 Å². The molecule has 96 valence electrons. The molecule has 0 bridgehead atoms. The van der Waals surface area contributed by atoms with Crippen LogP contribution in [0.25, 0.3) is 0 Å². The van der Waals surface area contributed by atoms with Gasteiger partial charge in [0.05, 0.1) is 6.10 Å². The van der Waals surface area contributed by atoms with Crippen molar-refractivity contribution in [1.29, 1.82) is 0 Å². The van der Waals surface area contributed by atoms with Crippen molar-refractivity contribution in [3.05, 3.63) is 33.3 Å². The number of halogens is 2. The highest BCUT2D eigenvalue weighted by atomic mass is 79.9. The number of likely N-dealkylation sites (N-methyl/N-ethyl adjacent to an activating group) is 1. The molecule has 1 unspecified atom stereocenters. The molecule has 5 heteroatoms. The van der Waals surface area contributed by atoms with Gasteiger partial charge in [-0.25, -0.2) is 0 Å². The van der Waals surface area contributed by atoms with E-state index in [0.717, 1.165) is 15.1 Å². The first kappa shape index (κ1) is 14.9. The van der Waals surface area contributed by atoms with Gasteiger partial charge in [-0.05, 0) is 31.8 Å². The lowest BCUT2D eigenvalue weighted by Gasteiger charge is -2.16. The summed E-state index contributed by atoms with van der Waals surface area (Å²) in [6, 6.07) is 5.80. The summed E-state index contributed by atoms with van der Waals surface area (Å²) in [5.41, 5.74) is 1.03. The highest BCUT2D eigenvalue weighted by Crippen LogP contribution is 2.20. The zero-order chi connectivity index (χ0) is 12.8. The van der Waals surface area contributed by atoms with Crippen molar-refractivity contribution in [2.75, 3.05) is 27.2 Å². The van der Waals surface area contributed by atoms with Gasteiger partial charge >= 0.3 is 0 Å². The highest BCUT2D eigenvalue weighted by molar-refractivity contribution is 9.10. The van der Waals surface area contributed by atoms with Gasteiger partial charge in [-0.15, -0.1) is 0 Å². The van der Waals surface area contributed by atoms with Gasteiger partial charge in [0, 0.05) is 29.1 Å². The van der Waals surface area contributed by atoms with Crippen LogP contribution in [0.5, 0.6) is 0 Å². The van der Waals surface area contributed by atoms with E-state index in [1.807, 2.05) is 37.2 Å². The summed E-state index contributed by atoms with van der Waals surface area (Å²) in [4.78, 5) is 1.96. The molecule has 0 aliphatic carbocycles. The maximum absolute atomic E-state index is 9.67. The molecule has 17 heavy (non-hydrogen) atoms. The van der Waals surface area contributed by atoms with Gasteiger partial charge in [0.2, 0.25) is 0 Å². The number of nitrogens with one attached hydrogen (secondary N) is 1. The molecule has 0 heterocycles. The average molecular weight is 322 g/mol. The Hall–Kier alpha value is -0.130. The molecule has 0 aliphatic heterocycles. The molecule has 0 radical (unpaired) electrons. The van der Waals surface area contributed by atoms with E-state index in [1.54, 1.807) is 0 Å². The molecular formula is C12H18BrClN2O. The first-order chi connectivity index (χ1) is 7.99. The maximum Gasteiger partial charge on any atom is 0.0791 e. The minimum absolute atomic E-state index is 0.362. The fraction of sp³-hybridized carbons (Fsp3) is 0.500. The van der Waals surface area contributed by atoms with E-state index in [9.17, 15) is 5.11 Å². The first-order valence-corrected chi connectivity index (χ1v) is 6.63. The first-order valence-electron chi connectivity index (χ1n) is 5.46. The van der Waals surface area contributed by atoms with Crippen LogP contribution in [0.1, 0.15) is 5.56 Å². The fourth-order valence-electron chi connectivity index (χ4n) is 1.52. The molecule has 0 saturated carbocycles. The second-order valence-corrected chi connectivity index (χ2v) is 5.61. The third-order valence-electron chi connectivity index (χ3n) is 2.29. The largest absolute Gasteiger partial charge is 0.390 e. The highest BCUT2D eigenvalue weighted by Gasteiger charge is 2.06. The molecular weight excluding hydrogens is 304 g/mol. The lowest BCUT2D eigenvalue weighted by molar-refractivity contribution is 0.134. The Morgan fingerprint density at radius 3 is 2.76 bits per heavy atom. The molecule has 1 aromatic carbocycles. The normalized spacial score (nSPS) is 13.1. The van der Waals surface area contributed by atoms with Gasteiger partial charge in [0.15, 0.2) is 0 Å². The second-order valence-electron chi connectivity index (χ2n) is 4.28. The molecule has 2 N–H and O–H groups in total. The maximum atomic E-state index is 9.67. The zero-order valence-corrected chi connectivity index (χ0v) is 12.4. The zero-order valence-electron chi connectivity index (χ0n) is 10.1. The predicted octanol–water partition coefficient (Wildman–Crippen LogP) is 2.11. The third-order valence-corrected chi connectivity index (χ3v) is 3.13. The number of aliphatic hydroxyl groups excluding tert-OH is 1. The summed E-state index contributed by atoms with van der Waals surface area (Å²) in [6.07, 6.45) is -0.362. The molecule has 1 rings (SSSR count). The Bertz CT molecular complexity index is 360. The van der Waals surface area contributed by atoms with Crippen molar-refractivity contribution in [1.82, 2.24) is 10.2 Å². The van der Waals surface area contributed by atoms with Gasteiger partial charge < -0.3 is 15.3 Å². The molecule has 0 aliphatic rings. The van der Waals surface area contributed by atoms with E-state index in [0.29, 0.717) is 19.6 Å². The van der Waals surface area contributed by atoms with Crippen LogP contribution in [-0.4, -0.2) is 43.3 Å². The van der Waals surface area contributed by atoms with Crippen LogP contribution >= 0.6 is 27.5 Å². The molecule has 1 aromatic rings. The summed E-state index contributed by atoms with van der Waals surface area (Å²) in [5.74, 6) is 0. The monoisotopic (exact) mass is 320 g/mol. The molecule has 0 amide bonds. The van der Waals surface area contributed by atoms with Crippen LogP contribution in [0, 0.1) is 0 Å². The molecule has 0 aromatic heterocycles. The number of rotatable bonds is 6. The van der Waals surface area contributed by atoms with E-state index >= 15 is 0 Å². The molecule has 0 spiro atoms. The average Bonchev–Trinajstić information content (AvgIpc) is 2.20.